The fraction of sp³-hybridized carbons (Fsp3) is 0.400. The first-order chi connectivity index (χ1) is 16.6. The summed E-state index contributed by atoms with van der Waals surface area (Å²) < 4.78 is 44.8. The summed E-state index contributed by atoms with van der Waals surface area (Å²) in [5.74, 6) is -2.30. The Kier molecular flexibility index (Phi) is 6.73. The van der Waals surface area contributed by atoms with Crippen molar-refractivity contribution in [3.8, 4) is 11.1 Å². The van der Waals surface area contributed by atoms with Crippen LogP contribution in [0.25, 0.3) is 11.1 Å². The fourth-order valence-corrected chi connectivity index (χ4v) is 4.41. The van der Waals surface area contributed by atoms with Crippen LogP contribution >= 0.6 is 0 Å². The number of hydrogen-bond donors (Lipinski definition) is 3. The number of carbonyl (C=O) groups excluding carboxylic acids is 2. The number of benzene rings is 2. The molecule has 0 saturated heterocycles. The van der Waals surface area contributed by atoms with Crippen LogP contribution in [0.2, 0.25) is 0 Å². The topological polar surface area (TPSA) is 105 Å². The molecule has 2 amide bonds. The van der Waals surface area contributed by atoms with Crippen molar-refractivity contribution < 1.29 is 37.4 Å². The molecule has 3 N–H and O–H groups in total. The van der Waals surface area contributed by atoms with Gasteiger partial charge in [0.15, 0.2) is 0 Å². The Morgan fingerprint density at radius 3 is 2.11 bits per heavy atom. The van der Waals surface area contributed by atoms with Crippen LogP contribution in [0.3, 0.4) is 0 Å². The molecule has 2 aromatic rings. The Labute approximate surface area is 199 Å². The Morgan fingerprint density at radius 2 is 1.60 bits per heavy atom. The van der Waals surface area contributed by atoms with E-state index in [2.05, 4.69) is 10.6 Å². The van der Waals surface area contributed by atoms with E-state index in [0.29, 0.717) is 0 Å². The lowest BCUT2D eigenvalue weighted by molar-refractivity contribution is -0.185. The molecule has 2 aliphatic rings. The minimum Gasteiger partial charge on any atom is -0.481 e. The van der Waals surface area contributed by atoms with Crippen LogP contribution in [0.4, 0.5) is 18.0 Å². The van der Waals surface area contributed by atoms with E-state index in [1.807, 2.05) is 48.5 Å². The molecule has 1 atom stereocenters. The summed E-state index contributed by atoms with van der Waals surface area (Å²) in [5, 5.41) is 13.5. The van der Waals surface area contributed by atoms with E-state index in [1.165, 1.54) is 0 Å². The number of carboxylic acid groups (broad SMARTS) is 1. The third-order valence-corrected chi connectivity index (χ3v) is 6.66. The maximum absolute atomic E-state index is 13.2. The predicted octanol–water partition coefficient (Wildman–Crippen LogP) is 4.22. The van der Waals surface area contributed by atoms with Crippen LogP contribution in [0, 0.1) is 5.41 Å². The molecule has 1 saturated carbocycles. The Hall–Kier alpha value is -3.56. The van der Waals surface area contributed by atoms with E-state index < -0.39 is 48.6 Å². The van der Waals surface area contributed by atoms with Crippen LogP contribution in [0.15, 0.2) is 48.5 Å². The Morgan fingerprint density at radius 1 is 1.03 bits per heavy atom. The second kappa shape index (κ2) is 9.59. The van der Waals surface area contributed by atoms with Crippen LogP contribution in [-0.2, 0) is 14.3 Å². The van der Waals surface area contributed by atoms with Gasteiger partial charge in [-0.25, -0.2) is 4.79 Å². The van der Waals surface area contributed by atoms with Gasteiger partial charge in [0.1, 0.15) is 12.6 Å². The first-order valence-corrected chi connectivity index (χ1v) is 11.3. The van der Waals surface area contributed by atoms with Crippen LogP contribution in [0.5, 0.6) is 0 Å². The predicted molar refractivity (Wildman–Crippen MR) is 120 cm³/mol. The van der Waals surface area contributed by atoms with Gasteiger partial charge in [-0.3, -0.25) is 9.59 Å². The number of ether oxygens (including phenoxy) is 1. The number of alkyl halides is 3. The fourth-order valence-electron chi connectivity index (χ4n) is 4.41. The van der Waals surface area contributed by atoms with Crippen molar-refractivity contribution in [1.82, 2.24) is 10.6 Å². The van der Waals surface area contributed by atoms with Crippen LogP contribution in [0.1, 0.15) is 42.7 Å². The minimum absolute atomic E-state index is 0.0235. The van der Waals surface area contributed by atoms with Crippen molar-refractivity contribution >= 4 is 18.0 Å². The number of nitrogens with one attached hydrogen (secondary N) is 2. The quantitative estimate of drug-likeness (QED) is 0.488. The third kappa shape index (κ3) is 5.26. The molecule has 186 valence electrons. The Bertz CT molecular complexity index is 1080. The number of carboxylic acids is 1. The van der Waals surface area contributed by atoms with Crippen molar-refractivity contribution in [1.29, 1.82) is 0 Å². The van der Waals surface area contributed by atoms with Crippen molar-refractivity contribution in [2.75, 3.05) is 13.2 Å². The molecule has 10 heteroatoms. The van der Waals surface area contributed by atoms with Gasteiger partial charge < -0.3 is 20.5 Å². The number of carbonyl (C=O) groups is 3. The van der Waals surface area contributed by atoms with Gasteiger partial charge in [-0.2, -0.15) is 13.2 Å². The number of aliphatic carboxylic acids is 1. The van der Waals surface area contributed by atoms with Crippen LogP contribution in [-0.4, -0.2) is 48.4 Å². The monoisotopic (exact) mass is 490 g/mol. The van der Waals surface area contributed by atoms with E-state index >= 15 is 0 Å². The highest BCUT2D eigenvalue weighted by Gasteiger charge is 2.63. The van der Waals surface area contributed by atoms with E-state index in [9.17, 15) is 27.6 Å². The summed E-state index contributed by atoms with van der Waals surface area (Å²) in [6.45, 7) is -0.643. The average Bonchev–Trinajstić information content (AvgIpc) is 3.56. The largest absolute Gasteiger partial charge is 0.481 e. The maximum Gasteiger partial charge on any atom is 0.407 e. The number of halogens is 3. The second-order valence-corrected chi connectivity index (χ2v) is 8.95. The van der Waals surface area contributed by atoms with E-state index in [4.69, 9.17) is 9.84 Å². The van der Waals surface area contributed by atoms with Gasteiger partial charge in [-0.1, -0.05) is 48.5 Å². The average molecular weight is 490 g/mol. The lowest BCUT2D eigenvalue weighted by atomic mass is 9.98. The van der Waals surface area contributed by atoms with Crippen LogP contribution < -0.4 is 10.6 Å². The van der Waals surface area contributed by atoms with Crippen molar-refractivity contribution in [3.63, 3.8) is 0 Å². The highest BCUT2D eigenvalue weighted by Crippen LogP contribution is 2.57. The standard InChI is InChI=1S/C25H25F3N2O5/c26-25(27,28)24(11-12-24)14-29-22(33)20(9-10-21(31)32)30-23(34)35-13-19-17-7-3-1-5-15(17)16-6-2-4-8-18(16)19/h1-8,19-20H,9-14H2,(H,29,33)(H,30,34)(H,31,32). The number of rotatable bonds is 9. The van der Waals surface area contributed by atoms with Crippen molar-refractivity contribution in [2.45, 2.75) is 43.8 Å². The molecular formula is C25H25F3N2O5. The molecule has 0 bridgehead atoms. The summed E-state index contributed by atoms with van der Waals surface area (Å²) in [5.41, 5.74) is 2.10. The first kappa shape index (κ1) is 24.6. The number of fused-ring (bicyclic) bond motifs is 3. The maximum atomic E-state index is 13.2. The van der Waals surface area contributed by atoms with Gasteiger partial charge in [0, 0.05) is 18.9 Å². The molecule has 0 aromatic heterocycles. The van der Waals surface area contributed by atoms with Crippen molar-refractivity contribution in [2.24, 2.45) is 5.41 Å². The zero-order valence-corrected chi connectivity index (χ0v) is 18.7. The molecule has 0 spiro atoms. The molecule has 4 rings (SSSR count). The molecule has 35 heavy (non-hydrogen) atoms. The van der Waals surface area contributed by atoms with Gasteiger partial charge in [0.25, 0.3) is 0 Å². The van der Waals surface area contributed by atoms with Gasteiger partial charge in [-0.05, 0) is 41.5 Å². The molecule has 0 aliphatic heterocycles. The van der Waals surface area contributed by atoms with Crippen molar-refractivity contribution in [3.05, 3.63) is 59.7 Å². The lowest BCUT2D eigenvalue weighted by Gasteiger charge is -2.23. The highest BCUT2D eigenvalue weighted by atomic mass is 19.4. The first-order valence-electron chi connectivity index (χ1n) is 11.3. The van der Waals surface area contributed by atoms with Gasteiger partial charge in [0.05, 0.1) is 5.41 Å². The zero-order chi connectivity index (χ0) is 25.2. The zero-order valence-electron chi connectivity index (χ0n) is 18.7. The summed E-state index contributed by atoms with van der Waals surface area (Å²) in [7, 11) is 0. The molecule has 1 fully saturated rings. The molecule has 7 nitrogen and oxygen atoms in total. The van der Waals surface area contributed by atoms with Gasteiger partial charge >= 0.3 is 18.2 Å². The number of alkyl carbamates (subject to hydrolysis) is 1. The molecule has 2 aliphatic carbocycles. The second-order valence-electron chi connectivity index (χ2n) is 8.95. The minimum atomic E-state index is -4.45. The van der Waals surface area contributed by atoms with E-state index in [1.54, 1.807) is 0 Å². The highest BCUT2D eigenvalue weighted by molar-refractivity contribution is 5.86. The number of amides is 2. The summed E-state index contributed by atoms with van der Waals surface area (Å²) in [6.07, 6.45) is -6.31. The molecule has 0 heterocycles. The lowest BCUT2D eigenvalue weighted by Crippen LogP contribution is -2.49. The third-order valence-electron chi connectivity index (χ3n) is 6.66. The molecular weight excluding hydrogens is 465 g/mol. The van der Waals surface area contributed by atoms with E-state index in [-0.39, 0.29) is 31.8 Å². The summed E-state index contributed by atoms with van der Waals surface area (Å²) in [6, 6.07) is 14.1. The Balaban J connectivity index is 1.38. The normalized spacial score (nSPS) is 16.5. The smallest absolute Gasteiger partial charge is 0.407 e. The molecule has 1 unspecified atom stereocenters. The van der Waals surface area contributed by atoms with Gasteiger partial charge in [-0.15, -0.1) is 0 Å². The van der Waals surface area contributed by atoms with E-state index in [0.717, 1.165) is 22.3 Å². The molecule has 0 radical (unpaired) electrons. The summed E-state index contributed by atoms with van der Waals surface area (Å²) in [4.78, 5) is 36.0. The molecule has 2 aromatic carbocycles. The van der Waals surface area contributed by atoms with Gasteiger partial charge in [0.2, 0.25) is 5.91 Å². The number of hydrogen-bond acceptors (Lipinski definition) is 4. The summed E-state index contributed by atoms with van der Waals surface area (Å²) >= 11 is 0. The SMILES string of the molecule is O=C(O)CCC(NC(=O)OCC1c2ccccc2-c2ccccc21)C(=O)NCC1(C(F)(F)F)CC1.